The van der Waals surface area contributed by atoms with Gasteiger partial charge in [-0.1, -0.05) is 22.0 Å². The van der Waals surface area contributed by atoms with Crippen LogP contribution < -0.4 is 10.1 Å². The maximum Gasteiger partial charge on any atom is 0.138 e. The molecule has 0 aliphatic rings. The van der Waals surface area contributed by atoms with E-state index in [1.807, 2.05) is 33.2 Å². The van der Waals surface area contributed by atoms with Gasteiger partial charge in [0.15, 0.2) is 0 Å². The molecule has 1 aromatic heterocycles. The van der Waals surface area contributed by atoms with Crippen LogP contribution in [0.15, 0.2) is 41.1 Å². The lowest BCUT2D eigenvalue weighted by Gasteiger charge is -2.19. The number of nitrogens with zero attached hydrogens (tertiary/aromatic N) is 1. The average molecular weight is 349 g/mol. The first kappa shape index (κ1) is 16.0. The number of rotatable bonds is 5. The molecule has 0 amide bonds. The Morgan fingerprint density at radius 2 is 1.86 bits per heavy atom. The zero-order chi connectivity index (χ0) is 15.4. The lowest BCUT2D eigenvalue weighted by molar-refractivity contribution is 0.241. The van der Waals surface area contributed by atoms with Crippen LogP contribution in [0.3, 0.4) is 0 Å². The van der Waals surface area contributed by atoms with Gasteiger partial charge in [-0.3, -0.25) is 4.98 Å². The van der Waals surface area contributed by atoms with Gasteiger partial charge in [0.2, 0.25) is 0 Å². The quantitative estimate of drug-likeness (QED) is 0.876. The van der Waals surface area contributed by atoms with Gasteiger partial charge in [-0.2, -0.15) is 0 Å². The van der Waals surface area contributed by atoms with Gasteiger partial charge in [-0.15, -0.1) is 0 Å². The molecule has 0 spiro atoms. The molecule has 4 heteroatoms. The number of nitrogens with one attached hydrogen (secondary N) is 1. The van der Waals surface area contributed by atoms with Gasteiger partial charge < -0.3 is 10.1 Å². The topological polar surface area (TPSA) is 34.2 Å². The molecule has 1 heterocycles. The van der Waals surface area contributed by atoms with Gasteiger partial charge in [0.25, 0.3) is 0 Å². The summed E-state index contributed by atoms with van der Waals surface area (Å²) in [7, 11) is 1.96. The third kappa shape index (κ3) is 4.29. The van der Waals surface area contributed by atoms with E-state index in [2.05, 4.69) is 51.4 Å². The lowest BCUT2D eigenvalue weighted by atomic mass is 9.99. The second kappa shape index (κ2) is 7.05. The van der Waals surface area contributed by atoms with Gasteiger partial charge in [-0.05, 0) is 62.7 Å². The van der Waals surface area contributed by atoms with Crippen molar-refractivity contribution >= 4 is 15.9 Å². The maximum absolute atomic E-state index is 5.73. The molecule has 2 aromatic rings. The number of aryl methyl sites for hydroxylation is 1. The lowest BCUT2D eigenvalue weighted by Crippen LogP contribution is -2.18. The van der Waals surface area contributed by atoms with Crippen LogP contribution in [0.2, 0.25) is 0 Å². The largest absolute Gasteiger partial charge is 0.489 e. The average Bonchev–Trinajstić information content (AvgIpc) is 2.38. The molecule has 0 bridgehead atoms. The van der Waals surface area contributed by atoms with E-state index in [9.17, 15) is 0 Å². The molecule has 0 fully saturated rings. The Hall–Kier alpha value is -1.39. The Bertz CT molecular complexity index is 593. The minimum Gasteiger partial charge on any atom is -0.489 e. The van der Waals surface area contributed by atoms with E-state index in [0.29, 0.717) is 0 Å². The Kier molecular flexibility index (Phi) is 5.37. The summed E-state index contributed by atoms with van der Waals surface area (Å²) in [6, 6.07) is 8.55. The van der Waals surface area contributed by atoms with Crippen LogP contribution in [-0.4, -0.2) is 18.1 Å². The van der Waals surface area contributed by atoms with Crippen molar-refractivity contribution in [2.75, 3.05) is 7.05 Å². The highest BCUT2D eigenvalue weighted by atomic mass is 79.9. The Morgan fingerprint density at radius 3 is 2.48 bits per heavy atom. The molecule has 1 N–H and O–H groups in total. The number of benzene rings is 1. The zero-order valence-electron chi connectivity index (χ0n) is 12.9. The minimum atomic E-state index is 0.0874. The molecule has 3 nitrogen and oxygen atoms in total. The summed E-state index contributed by atoms with van der Waals surface area (Å²) in [5.41, 5.74) is 3.52. The van der Waals surface area contributed by atoms with Gasteiger partial charge in [0.1, 0.15) is 5.75 Å². The molecule has 0 aliphatic heterocycles. The summed E-state index contributed by atoms with van der Waals surface area (Å²) in [6.07, 6.45) is 3.77. The Balaban J connectivity index is 2.36. The molecule has 1 unspecified atom stereocenters. The van der Waals surface area contributed by atoms with E-state index in [4.69, 9.17) is 4.74 Å². The first-order chi connectivity index (χ1) is 9.99. The molecule has 21 heavy (non-hydrogen) atoms. The van der Waals surface area contributed by atoms with Gasteiger partial charge in [-0.25, -0.2) is 0 Å². The Labute approximate surface area is 134 Å². The summed E-state index contributed by atoms with van der Waals surface area (Å²) < 4.78 is 6.82. The smallest absolute Gasteiger partial charge is 0.138 e. The maximum atomic E-state index is 5.73. The summed E-state index contributed by atoms with van der Waals surface area (Å²) >= 11 is 3.56. The monoisotopic (exact) mass is 348 g/mol. The fourth-order valence-electron chi connectivity index (χ4n) is 2.39. The van der Waals surface area contributed by atoms with E-state index in [-0.39, 0.29) is 12.1 Å². The van der Waals surface area contributed by atoms with Crippen molar-refractivity contribution in [3.63, 3.8) is 0 Å². The summed E-state index contributed by atoms with van der Waals surface area (Å²) in [5.74, 6) is 0.800. The third-order valence-corrected chi connectivity index (χ3v) is 3.58. The SMILES string of the molecule is CNC(c1cc(C)cc(Br)c1)c1cncc(OC(C)C)c1. The van der Waals surface area contributed by atoms with Crippen LogP contribution in [0.25, 0.3) is 0 Å². The minimum absolute atomic E-state index is 0.0874. The van der Waals surface area contributed by atoms with Crippen molar-refractivity contribution in [1.29, 1.82) is 0 Å². The van der Waals surface area contributed by atoms with Crippen molar-refractivity contribution in [2.45, 2.75) is 32.9 Å². The molecule has 0 saturated heterocycles. The highest BCUT2D eigenvalue weighted by molar-refractivity contribution is 9.10. The fraction of sp³-hybridized carbons (Fsp3) is 0.353. The molecular formula is C17H21BrN2O. The van der Waals surface area contributed by atoms with Crippen LogP contribution in [0, 0.1) is 6.92 Å². The van der Waals surface area contributed by atoms with Crippen molar-refractivity contribution in [1.82, 2.24) is 10.3 Å². The number of halogens is 1. The van der Waals surface area contributed by atoms with E-state index < -0.39 is 0 Å². The van der Waals surface area contributed by atoms with Gasteiger partial charge in [0, 0.05) is 10.7 Å². The standard InChI is InChI=1S/C17H21BrN2O/c1-11(2)21-16-8-14(9-20-10-16)17(19-4)13-5-12(3)6-15(18)7-13/h5-11,17,19H,1-4H3. The number of pyridine rings is 1. The van der Waals surface area contributed by atoms with Crippen molar-refractivity contribution in [3.8, 4) is 5.75 Å². The molecule has 1 aromatic carbocycles. The molecule has 0 aliphatic carbocycles. The van der Waals surface area contributed by atoms with Crippen molar-refractivity contribution in [3.05, 3.63) is 57.8 Å². The summed E-state index contributed by atoms with van der Waals surface area (Å²) in [6.45, 7) is 6.12. The molecule has 1 atom stereocenters. The van der Waals surface area contributed by atoms with E-state index in [1.54, 1.807) is 6.20 Å². The molecule has 0 saturated carbocycles. The molecule has 0 radical (unpaired) electrons. The number of hydrogen-bond donors (Lipinski definition) is 1. The summed E-state index contributed by atoms with van der Waals surface area (Å²) in [4.78, 5) is 4.30. The van der Waals surface area contributed by atoms with E-state index >= 15 is 0 Å². The van der Waals surface area contributed by atoms with Crippen LogP contribution in [0.5, 0.6) is 5.75 Å². The molecule has 2 rings (SSSR count). The normalized spacial score (nSPS) is 12.5. The van der Waals surface area contributed by atoms with Crippen molar-refractivity contribution < 1.29 is 4.74 Å². The Morgan fingerprint density at radius 1 is 1.10 bits per heavy atom. The first-order valence-electron chi connectivity index (χ1n) is 7.05. The second-order valence-corrected chi connectivity index (χ2v) is 6.32. The molecule has 112 valence electrons. The second-order valence-electron chi connectivity index (χ2n) is 5.40. The molecular weight excluding hydrogens is 328 g/mol. The van der Waals surface area contributed by atoms with Crippen LogP contribution in [0.4, 0.5) is 0 Å². The fourth-order valence-corrected chi connectivity index (χ4v) is 3.01. The van der Waals surface area contributed by atoms with Crippen LogP contribution >= 0.6 is 15.9 Å². The number of ether oxygens (including phenoxy) is 1. The third-order valence-electron chi connectivity index (χ3n) is 3.13. The predicted octanol–water partition coefficient (Wildman–Crippen LogP) is 4.25. The predicted molar refractivity (Wildman–Crippen MR) is 89.8 cm³/mol. The number of aromatic nitrogens is 1. The van der Waals surface area contributed by atoms with Crippen molar-refractivity contribution in [2.24, 2.45) is 0 Å². The van der Waals surface area contributed by atoms with Crippen LogP contribution in [-0.2, 0) is 0 Å². The first-order valence-corrected chi connectivity index (χ1v) is 7.85. The zero-order valence-corrected chi connectivity index (χ0v) is 14.4. The number of hydrogen-bond acceptors (Lipinski definition) is 3. The van der Waals surface area contributed by atoms with Gasteiger partial charge in [0.05, 0.1) is 18.3 Å². The highest BCUT2D eigenvalue weighted by Gasteiger charge is 2.14. The van der Waals surface area contributed by atoms with E-state index in [1.165, 1.54) is 11.1 Å². The summed E-state index contributed by atoms with van der Waals surface area (Å²) in [5, 5.41) is 3.35. The highest BCUT2D eigenvalue weighted by Crippen LogP contribution is 2.27. The van der Waals surface area contributed by atoms with E-state index in [0.717, 1.165) is 15.8 Å². The van der Waals surface area contributed by atoms with Crippen LogP contribution in [0.1, 0.15) is 36.6 Å². The van der Waals surface area contributed by atoms with Gasteiger partial charge >= 0.3 is 0 Å².